The molecule has 0 atom stereocenters. The second kappa shape index (κ2) is 10.2. The molecule has 152 valence electrons. The molecule has 1 heterocycles. The number of nitrogen functional groups attached to an aromatic ring is 1. The smallest absolute Gasteiger partial charge is 0.317 e. The molecule has 0 aliphatic carbocycles. The van der Waals surface area contributed by atoms with Crippen LogP contribution >= 0.6 is 11.3 Å². The number of urea groups is 1. The summed E-state index contributed by atoms with van der Waals surface area (Å²) in [5.41, 5.74) is 9.06. The zero-order valence-electron chi connectivity index (χ0n) is 17.1. The number of carbonyl (C=O) groups is 2. The van der Waals surface area contributed by atoms with Gasteiger partial charge in [-0.2, -0.15) is 0 Å². The van der Waals surface area contributed by atoms with Gasteiger partial charge in [0.15, 0.2) is 5.78 Å². The molecule has 0 saturated heterocycles. The molecule has 6 nitrogen and oxygen atoms in total. The van der Waals surface area contributed by atoms with Crippen LogP contribution in [0.3, 0.4) is 0 Å². The quantitative estimate of drug-likeness (QED) is 0.631. The molecule has 1 aromatic carbocycles. The molecule has 2 amide bonds. The van der Waals surface area contributed by atoms with Crippen LogP contribution in [0.25, 0.3) is 0 Å². The van der Waals surface area contributed by atoms with E-state index in [1.165, 1.54) is 11.3 Å². The van der Waals surface area contributed by atoms with E-state index in [1.54, 1.807) is 4.90 Å². The number of rotatable bonds is 9. The summed E-state index contributed by atoms with van der Waals surface area (Å²) in [6, 6.07) is 7.48. The fraction of sp³-hybridized carbons (Fsp3) is 0.429. The van der Waals surface area contributed by atoms with Gasteiger partial charge in [-0.1, -0.05) is 24.3 Å². The van der Waals surface area contributed by atoms with E-state index in [1.807, 2.05) is 67.9 Å². The number of Topliss-reactive ketones (excluding diaryl/α,β-unsaturated/α-hetero) is 1. The van der Waals surface area contributed by atoms with Crippen LogP contribution in [0.4, 0.5) is 10.5 Å². The molecule has 28 heavy (non-hydrogen) atoms. The van der Waals surface area contributed by atoms with Crippen molar-refractivity contribution in [3.8, 4) is 0 Å². The molecule has 0 spiro atoms. The van der Waals surface area contributed by atoms with Gasteiger partial charge in [0.05, 0.1) is 0 Å². The first-order valence-corrected chi connectivity index (χ1v) is 10.3. The number of carbonyl (C=O) groups excluding carboxylic acids is 2. The Morgan fingerprint density at radius 3 is 2.32 bits per heavy atom. The van der Waals surface area contributed by atoms with E-state index in [0.717, 1.165) is 17.7 Å². The average molecular weight is 403 g/mol. The van der Waals surface area contributed by atoms with Crippen molar-refractivity contribution in [2.24, 2.45) is 0 Å². The topological polar surface area (TPSA) is 78.7 Å². The lowest BCUT2D eigenvalue weighted by Crippen LogP contribution is -2.45. The molecule has 0 aliphatic rings. The Morgan fingerprint density at radius 2 is 1.79 bits per heavy atom. The van der Waals surface area contributed by atoms with Crippen LogP contribution in [0.15, 0.2) is 35.0 Å². The van der Waals surface area contributed by atoms with Gasteiger partial charge in [-0.15, -0.1) is 11.3 Å². The number of amides is 2. The maximum absolute atomic E-state index is 12.5. The summed E-state index contributed by atoms with van der Waals surface area (Å²) in [5.74, 6) is 0.0404. The molecule has 1 aromatic heterocycles. The molecule has 0 fully saturated rings. The molecule has 3 N–H and O–H groups in total. The van der Waals surface area contributed by atoms with E-state index in [0.29, 0.717) is 30.8 Å². The number of anilines is 1. The minimum atomic E-state index is -0.0788. The zero-order valence-corrected chi connectivity index (χ0v) is 17.9. The van der Waals surface area contributed by atoms with Crippen molar-refractivity contribution < 1.29 is 9.59 Å². The van der Waals surface area contributed by atoms with E-state index in [9.17, 15) is 9.59 Å². The fourth-order valence-corrected chi connectivity index (χ4v) is 3.43. The summed E-state index contributed by atoms with van der Waals surface area (Å²) in [4.78, 5) is 28.8. The third-order valence-corrected chi connectivity index (χ3v) is 5.10. The highest BCUT2D eigenvalue weighted by Crippen LogP contribution is 2.19. The molecular formula is C21H30N4O2S. The summed E-state index contributed by atoms with van der Waals surface area (Å²) in [5, 5.41) is 6.71. The van der Waals surface area contributed by atoms with Gasteiger partial charge in [0.2, 0.25) is 0 Å². The Labute approximate surface area is 171 Å². The molecule has 2 rings (SSSR count). The molecule has 0 saturated carbocycles. The molecule has 2 aromatic rings. The van der Waals surface area contributed by atoms with Crippen LogP contribution in [0.1, 0.15) is 35.3 Å². The maximum atomic E-state index is 12.5. The normalized spacial score (nSPS) is 11.1. The van der Waals surface area contributed by atoms with Gasteiger partial charge in [-0.3, -0.25) is 4.79 Å². The van der Waals surface area contributed by atoms with Gasteiger partial charge in [-0.05, 0) is 44.4 Å². The first kappa shape index (κ1) is 21.9. The average Bonchev–Trinajstić information content (AvgIpc) is 3.03. The van der Waals surface area contributed by atoms with Crippen LogP contribution in [-0.4, -0.2) is 54.8 Å². The molecule has 7 heteroatoms. The summed E-state index contributed by atoms with van der Waals surface area (Å²) in [6.45, 7) is 5.80. The molecule has 0 unspecified atom stereocenters. The monoisotopic (exact) mass is 402 g/mol. The Bertz CT molecular complexity index is 784. The number of ketones is 1. The first-order chi connectivity index (χ1) is 13.3. The van der Waals surface area contributed by atoms with Crippen molar-refractivity contribution in [1.29, 1.82) is 0 Å². The summed E-state index contributed by atoms with van der Waals surface area (Å²) in [7, 11) is 3.97. The number of hydrogen-bond donors (Lipinski definition) is 2. The minimum absolute atomic E-state index is 0.0404. The Kier molecular flexibility index (Phi) is 8.02. The number of benzene rings is 1. The highest BCUT2D eigenvalue weighted by atomic mass is 32.1. The van der Waals surface area contributed by atoms with Crippen molar-refractivity contribution in [1.82, 2.24) is 15.1 Å². The molecule has 0 bridgehead atoms. The van der Waals surface area contributed by atoms with Gasteiger partial charge >= 0.3 is 6.03 Å². The second-order valence-corrected chi connectivity index (χ2v) is 8.22. The lowest BCUT2D eigenvalue weighted by molar-refractivity contribution is 0.0993. The van der Waals surface area contributed by atoms with Gasteiger partial charge in [-0.25, -0.2) is 4.79 Å². The van der Waals surface area contributed by atoms with Crippen LogP contribution < -0.4 is 11.1 Å². The Hall–Kier alpha value is -2.38. The highest BCUT2D eigenvalue weighted by Gasteiger charge is 2.16. The number of thiophene rings is 1. The molecule has 0 aliphatic heterocycles. The van der Waals surface area contributed by atoms with Crippen molar-refractivity contribution in [2.75, 3.05) is 32.9 Å². The number of nitrogens with zero attached hydrogens (tertiary/aromatic N) is 2. The van der Waals surface area contributed by atoms with Gasteiger partial charge < -0.3 is 20.9 Å². The summed E-state index contributed by atoms with van der Waals surface area (Å²) >= 11 is 1.50. The Morgan fingerprint density at radius 1 is 1.11 bits per heavy atom. The Balaban J connectivity index is 2.03. The first-order valence-electron chi connectivity index (χ1n) is 9.39. The van der Waals surface area contributed by atoms with E-state index in [2.05, 4.69) is 5.32 Å². The van der Waals surface area contributed by atoms with Crippen molar-refractivity contribution in [3.63, 3.8) is 0 Å². The largest absolute Gasteiger partial charge is 0.398 e. The lowest BCUT2D eigenvalue weighted by atomic mass is 10.0. The van der Waals surface area contributed by atoms with E-state index < -0.39 is 0 Å². The predicted molar refractivity (Wildman–Crippen MR) is 116 cm³/mol. The summed E-state index contributed by atoms with van der Waals surface area (Å²) in [6.07, 6.45) is 0.306. The van der Waals surface area contributed by atoms with E-state index in [-0.39, 0.29) is 17.9 Å². The molecular weight excluding hydrogens is 372 g/mol. The predicted octanol–water partition coefficient (Wildman–Crippen LogP) is 3.24. The number of nitrogens with one attached hydrogen (secondary N) is 1. The van der Waals surface area contributed by atoms with Gasteiger partial charge in [0.1, 0.15) is 0 Å². The van der Waals surface area contributed by atoms with Crippen molar-refractivity contribution in [3.05, 3.63) is 51.7 Å². The minimum Gasteiger partial charge on any atom is -0.398 e. The zero-order chi connectivity index (χ0) is 20.7. The third kappa shape index (κ3) is 6.65. The highest BCUT2D eigenvalue weighted by molar-refractivity contribution is 7.08. The number of likely N-dealkylation sites (N-methyl/N-ethyl adjacent to an activating group) is 1. The fourth-order valence-electron chi connectivity index (χ4n) is 2.68. The summed E-state index contributed by atoms with van der Waals surface area (Å²) < 4.78 is 0. The lowest BCUT2D eigenvalue weighted by Gasteiger charge is -2.26. The molecule has 0 radical (unpaired) electrons. The standard InChI is InChI=1S/C21H30N4O2S/c1-15(2)23-21(27)25(10-9-24(3)4)12-16-5-7-17(8-6-16)20(26)11-18-13-28-14-19(18)22/h5-8,13-15H,9-12,22H2,1-4H3,(H,23,27). The van der Waals surface area contributed by atoms with Crippen molar-refractivity contribution >= 4 is 28.8 Å². The van der Waals surface area contributed by atoms with Crippen LogP contribution in [0.5, 0.6) is 0 Å². The van der Waals surface area contributed by atoms with Crippen LogP contribution in [0.2, 0.25) is 0 Å². The van der Waals surface area contributed by atoms with Crippen LogP contribution in [0, 0.1) is 0 Å². The van der Waals surface area contributed by atoms with E-state index in [4.69, 9.17) is 5.73 Å². The number of nitrogens with two attached hydrogens (primary N) is 1. The second-order valence-electron chi connectivity index (χ2n) is 7.48. The van der Waals surface area contributed by atoms with Crippen LogP contribution in [-0.2, 0) is 13.0 Å². The SMILES string of the molecule is CC(C)NC(=O)N(CCN(C)C)Cc1ccc(C(=O)Cc2cscc2N)cc1. The van der Waals surface area contributed by atoms with Crippen molar-refractivity contribution in [2.45, 2.75) is 32.9 Å². The number of hydrogen-bond acceptors (Lipinski definition) is 5. The maximum Gasteiger partial charge on any atom is 0.317 e. The van der Waals surface area contributed by atoms with Gasteiger partial charge in [0, 0.05) is 48.7 Å². The van der Waals surface area contributed by atoms with E-state index >= 15 is 0 Å². The van der Waals surface area contributed by atoms with Gasteiger partial charge in [0.25, 0.3) is 0 Å². The third-order valence-electron chi connectivity index (χ3n) is 4.29.